The van der Waals surface area contributed by atoms with Crippen LogP contribution >= 0.6 is 0 Å². The predicted octanol–water partition coefficient (Wildman–Crippen LogP) is 1.77. The number of para-hydroxylation sites is 1. The second-order valence-electron chi connectivity index (χ2n) is 5.62. The zero-order valence-corrected chi connectivity index (χ0v) is 14.2. The molecule has 1 amide bonds. The molecule has 0 aliphatic heterocycles. The van der Waals surface area contributed by atoms with Crippen molar-refractivity contribution in [3.8, 4) is 5.75 Å². The smallest absolute Gasteiger partial charge is 0.291 e. The SMILES string of the molecule is CCOc1ccccc1CNC(=O)[C@H](C)n1ncn2cccc2c1=O. The van der Waals surface area contributed by atoms with Crippen LogP contribution in [-0.2, 0) is 11.3 Å². The summed E-state index contributed by atoms with van der Waals surface area (Å²) in [7, 11) is 0. The first kappa shape index (κ1) is 16.8. The molecule has 0 saturated carbocycles. The van der Waals surface area contributed by atoms with Gasteiger partial charge in [0.2, 0.25) is 5.91 Å². The third-order valence-corrected chi connectivity index (χ3v) is 3.98. The van der Waals surface area contributed by atoms with E-state index in [4.69, 9.17) is 4.74 Å². The molecule has 2 aromatic heterocycles. The van der Waals surface area contributed by atoms with E-state index in [2.05, 4.69) is 10.4 Å². The van der Waals surface area contributed by atoms with E-state index in [9.17, 15) is 9.59 Å². The molecule has 7 heteroatoms. The highest BCUT2D eigenvalue weighted by atomic mass is 16.5. The Morgan fingerprint density at radius 2 is 2.08 bits per heavy atom. The van der Waals surface area contributed by atoms with Crippen molar-refractivity contribution in [1.29, 1.82) is 0 Å². The average Bonchev–Trinajstić information content (AvgIpc) is 3.10. The van der Waals surface area contributed by atoms with E-state index in [1.54, 1.807) is 29.7 Å². The van der Waals surface area contributed by atoms with Crippen molar-refractivity contribution in [2.75, 3.05) is 6.61 Å². The van der Waals surface area contributed by atoms with Gasteiger partial charge in [0.1, 0.15) is 23.6 Å². The molecular formula is C18H20N4O3. The van der Waals surface area contributed by atoms with Gasteiger partial charge in [-0.1, -0.05) is 18.2 Å². The summed E-state index contributed by atoms with van der Waals surface area (Å²) >= 11 is 0. The topological polar surface area (TPSA) is 77.6 Å². The molecule has 25 heavy (non-hydrogen) atoms. The molecule has 0 aliphatic carbocycles. The molecular weight excluding hydrogens is 320 g/mol. The first-order valence-corrected chi connectivity index (χ1v) is 8.14. The van der Waals surface area contributed by atoms with Gasteiger partial charge in [0, 0.05) is 18.3 Å². The molecule has 0 radical (unpaired) electrons. The Bertz CT molecular complexity index is 945. The van der Waals surface area contributed by atoms with Crippen LogP contribution in [0.15, 0.2) is 53.7 Å². The fourth-order valence-corrected chi connectivity index (χ4v) is 2.62. The van der Waals surface area contributed by atoms with Gasteiger partial charge in [0.15, 0.2) is 0 Å². The summed E-state index contributed by atoms with van der Waals surface area (Å²) in [5.74, 6) is 0.458. The van der Waals surface area contributed by atoms with Crippen LogP contribution < -0.4 is 15.6 Å². The Balaban J connectivity index is 1.74. The highest BCUT2D eigenvalue weighted by Gasteiger charge is 2.18. The third-order valence-electron chi connectivity index (χ3n) is 3.98. The van der Waals surface area contributed by atoms with E-state index >= 15 is 0 Å². The predicted molar refractivity (Wildman–Crippen MR) is 93.6 cm³/mol. The van der Waals surface area contributed by atoms with E-state index in [1.807, 2.05) is 31.2 Å². The summed E-state index contributed by atoms with van der Waals surface area (Å²) in [6.07, 6.45) is 3.26. The maximum Gasteiger partial charge on any atom is 0.291 e. The maximum atomic E-state index is 12.5. The van der Waals surface area contributed by atoms with Gasteiger partial charge in [-0.25, -0.2) is 4.68 Å². The fraction of sp³-hybridized carbons (Fsp3) is 0.278. The van der Waals surface area contributed by atoms with Crippen molar-refractivity contribution in [1.82, 2.24) is 19.5 Å². The minimum absolute atomic E-state index is 0.281. The molecule has 0 spiro atoms. The second kappa shape index (κ2) is 7.21. The molecule has 130 valence electrons. The molecule has 0 saturated heterocycles. The highest BCUT2D eigenvalue weighted by Crippen LogP contribution is 2.17. The number of ether oxygens (including phenoxy) is 1. The van der Waals surface area contributed by atoms with Crippen LogP contribution in [0.1, 0.15) is 25.5 Å². The Hall–Kier alpha value is -3.09. The van der Waals surface area contributed by atoms with Gasteiger partial charge in [-0.3, -0.25) is 9.59 Å². The maximum absolute atomic E-state index is 12.5. The van der Waals surface area contributed by atoms with Crippen molar-refractivity contribution < 1.29 is 9.53 Å². The zero-order valence-electron chi connectivity index (χ0n) is 14.2. The first-order chi connectivity index (χ1) is 12.1. The zero-order chi connectivity index (χ0) is 17.8. The van der Waals surface area contributed by atoms with Crippen LogP contribution in [-0.4, -0.2) is 26.7 Å². The molecule has 3 rings (SSSR count). The van der Waals surface area contributed by atoms with Crippen molar-refractivity contribution in [3.05, 3.63) is 64.8 Å². The lowest BCUT2D eigenvalue weighted by Gasteiger charge is -2.15. The van der Waals surface area contributed by atoms with E-state index < -0.39 is 6.04 Å². The number of benzene rings is 1. The molecule has 0 unspecified atom stereocenters. The first-order valence-electron chi connectivity index (χ1n) is 8.14. The van der Waals surface area contributed by atoms with Crippen LogP contribution in [0.4, 0.5) is 0 Å². The van der Waals surface area contributed by atoms with Gasteiger partial charge < -0.3 is 14.5 Å². The van der Waals surface area contributed by atoms with E-state index in [0.29, 0.717) is 18.7 Å². The summed E-state index contributed by atoms with van der Waals surface area (Å²) in [4.78, 5) is 24.9. The quantitative estimate of drug-likeness (QED) is 0.742. The van der Waals surface area contributed by atoms with Crippen molar-refractivity contribution in [2.24, 2.45) is 0 Å². The minimum Gasteiger partial charge on any atom is -0.494 e. The summed E-state index contributed by atoms with van der Waals surface area (Å²) < 4.78 is 8.37. The molecule has 0 bridgehead atoms. The molecule has 7 nitrogen and oxygen atoms in total. The fourth-order valence-electron chi connectivity index (χ4n) is 2.62. The lowest BCUT2D eigenvalue weighted by molar-refractivity contribution is -0.124. The number of amides is 1. The van der Waals surface area contributed by atoms with Crippen molar-refractivity contribution in [2.45, 2.75) is 26.4 Å². The number of aromatic nitrogens is 3. The largest absolute Gasteiger partial charge is 0.494 e. The number of carbonyl (C=O) groups is 1. The van der Waals surface area contributed by atoms with Crippen molar-refractivity contribution in [3.63, 3.8) is 0 Å². The number of rotatable bonds is 6. The lowest BCUT2D eigenvalue weighted by atomic mass is 10.2. The molecule has 1 N–H and O–H groups in total. The van der Waals surface area contributed by atoms with Crippen LogP contribution in [0.2, 0.25) is 0 Å². The number of hydrogen-bond acceptors (Lipinski definition) is 4. The summed E-state index contributed by atoms with van der Waals surface area (Å²) in [6.45, 7) is 4.43. The molecule has 0 aliphatic rings. The van der Waals surface area contributed by atoms with E-state index in [-0.39, 0.29) is 11.5 Å². The van der Waals surface area contributed by atoms with Gasteiger partial charge in [-0.05, 0) is 32.0 Å². The van der Waals surface area contributed by atoms with Crippen LogP contribution in [0.25, 0.3) is 5.52 Å². The Kier molecular flexibility index (Phi) is 4.83. The molecule has 3 aromatic rings. The Labute approximate surface area is 144 Å². The standard InChI is InChI=1S/C18H20N4O3/c1-3-25-16-9-5-4-7-14(16)11-19-17(23)13(2)22-18(24)15-8-6-10-21(15)12-20-22/h4-10,12-13H,3,11H2,1-2H3,(H,19,23)/t13-/m0/s1. The van der Waals surface area contributed by atoms with Gasteiger partial charge in [0.25, 0.3) is 5.56 Å². The monoisotopic (exact) mass is 340 g/mol. The van der Waals surface area contributed by atoms with Gasteiger partial charge in [0.05, 0.1) is 6.61 Å². The van der Waals surface area contributed by atoms with Crippen LogP contribution in [0, 0.1) is 0 Å². The molecule has 0 fully saturated rings. The van der Waals surface area contributed by atoms with E-state index in [1.165, 1.54) is 11.0 Å². The number of hydrogen-bond donors (Lipinski definition) is 1. The van der Waals surface area contributed by atoms with Crippen LogP contribution in [0.3, 0.4) is 0 Å². The lowest BCUT2D eigenvalue weighted by Crippen LogP contribution is -2.37. The second-order valence-corrected chi connectivity index (χ2v) is 5.62. The number of nitrogens with zero attached hydrogens (tertiary/aromatic N) is 3. The molecule has 2 heterocycles. The highest BCUT2D eigenvalue weighted by molar-refractivity contribution is 5.79. The van der Waals surface area contributed by atoms with E-state index in [0.717, 1.165) is 11.3 Å². The average molecular weight is 340 g/mol. The van der Waals surface area contributed by atoms with Crippen molar-refractivity contribution >= 4 is 11.4 Å². The van der Waals surface area contributed by atoms with Gasteiger partial charge in [-0.15, -0.1) is 0 Å². The summed E-state index contributed by atoms with van der Waals surface area (Å²) in [5.41, 5.74) is 1.06. The van der Waals surface area contributed by atoms with Gasteiger partial charge >= 0.3 is 0 Å². The number of nitrogens with one attached hydrogen (secondary N) is 1. The molecule has 1 aromatic carbocycles. The van der Waals surface area contributed by atoms with Gasteiger partial charge in [-0.2, -0.15) is 5.10 Å². The third kappa shape index (κ3) is 3.40. The number of fused-ring (bicyclic) bond motifs is 1. The minimum atomic E-state index is -0.716. The molecule has 1 atom stereocenters. The summed E-state index contributed by atoms with van der Waals surface area (Å²) in [5, 5.41) is 6.92. The van der Waals surface area contributed by atoms with Crippen LogP contribution in [0.5, 0.6) is 5.75 Å². The Morgan fingerprint density at radius 1 is 1.28 bits per heavy atom. The summed E-state index contributed by atoms with van der Waals surface area (Å²) in [6, 6.07) is 10.3. The normalized spacial score (nSPS) is 12.1. The number of carbonyl (C=O) groups excluding carboxylic acids is 1. The Morgan fingerprint density at radius 3 is 2.88 bits per heavy atom.